The zero-order valence-corrected chi connectivity index (χ0v) is 14.6. The Balaban J connectivity index is 1.95. The molecule has 24 heavy (non-hydrogen) atoms. The summed E-state index contributed by atoms with van der Waals surface area (Å²) in [5, 5.41) is 2.55. The molecular weight excluding hydrogens is 308 g/mol. The number of methoxy groups -OCH3 is 1. The van der Waals surface area contributed by atoms with Crippen molar-refractivity contribution in [2.75, 3.05) is 33.4 Å². The minimum Gasteiger partial charge on any atom is -0.491 e. The predicted octanol–water partition coefficient (Wildman–Crippen LogP) is 1.52. The Hall–Kier alpha value is -2.08. The van der Waals surface area contributed by atoms with Gasteiger partial charge in [-0.25, -0.2) is 0 Å². The van der Waals surface area contributed by atoms with Crippen LogP contribution in [0.1, 0.15) is 25.3 Å². The van der Waals surface area contributed by atoms with Crippen molar-refractivity contribution in [2.24, 2.45) is 0 Å². The number of carbonyl (C=O) groups is 2. The number of benzene rings is 1. The van der Waals surface area contributed by atoms with Gasteiger partial charge in [-0.15, -0.1) is 0 Å². The number of amides is 2. The molecule has 132 valence electrons. The van der Waals surface area contributed by atoms with E-state index in [2.05, 4.69) is 5.32 Å². The molecule has 1 heterocycles. The van der Waals surface area contributed by atoms with E-state index in [0.29, 0.717) is 19.7 Å². The zero-order valence-electron chi connectivity index (χ0n) is 14.6. The number of ether oxygens (including phenoxy) is 2. The Morgan fingerprint density at radius 1 is 1.29 bits per heavy atom. The Kier molecular flexibility index (Phi) is 6.20. The van der Waals surface area contributed by atoms with Gasteiger partial charge in [-0.2, -0.15) is 0 Å². The van der Waals surface area contributed by atoms with Crippen LogP contribution in [0.15, 0.2) is 24.3 Å². The van der Waals surface area contributed by atoms with E-state index in [1.165, 1.54) is 12.5 Å². The Morgan fingerprint density at radius 3 is 2.62 bits per heavy atom. The molecule has 0 bridgehead atoms. The van der Waals surface area contributed by atoms with Crippen LogP contribution in [0.4, 0.5) is 0 Å². The van der Waals surface area contributed by atoms with E-state index in [-0.39, 0.29) is 18.4 Å². The molecule has 1 unspecified atom stereocenters. The van der Waals surface area contributed by atoms with Gasteiger partial charge in [-0.3, -0.25) is 9.59 Å². The van der Waals surface area contributed by atoms with Gasteiger partial charge in [-0.05, 0) is 31.9 Å². The number of aryl methyl sites for hydroxylation is 1. The van der Waals surface area contributed by atoms with Crippen molar-refractivity contribution in [1.29, 1.82) is 0 Å². The van der Waals surface area contributed by atoms with Crippen molar-refractivity contribution in [2.45, 2.75) is 32.3 Å². The summed E-state index contributed by atoms with van der Waals surface area (Å²) in [4.78, 5) is 24.9. The predicted molar refractivity (Wildman–Crippen MR) is 90.9 cm³/mol. The van der Waals surface area contributed by atoms with Crippen LogP contribution in [0.2, 0.25) is 0 Å². The zero-order chi connectivity index (χ0) is 17.6. The third-order valence-corrected chi connectivity index (χ3v) is 4.34. The molecule has 0 saturated carbocycles. The molecule has 1 aromatic carbocycles. The summed E-state index contributed by atoms with van der Waals surface area (Å²) < 4.78 is 11.6. The van der Waals surface area contributed by atoms with Gasteiger partial charge >= 0.3 is 0 Å². The molecule has 6 nitrogen and oxygen atoms in total. The van der Waals surface area contributed by atoms with Crippen LogP contribution in [-0.4, -0.2) is 55.7 Å². The SMILES string of the molecule is COC1(COc2ccc(C)cc2)CCCN(C(=O)CNC(C)=O)C1. The lowest BCUT2D eigenvalue weighted by molar-refractivity contribution is -0.143. The number of likely N-dealkylation sites (tertiary alicyclic amines) is 1. The van der Waals surface area contributed by atoms with Crippen LogP contribution >= 0.6 is 0 Å². The minimum absolute atomic E-state index is 0.0218. The first kappa shape index (κ1) is 18.3. The van der Waals surface area contributed by atoms with Gasteiger partial charge in [0, 0.05) is 20.6 Å². The number of hydrogen-bond acceptors (Lipinski definition) is 4. The highest BCUT2D eigenvalue weighted by Crippen LogP contribution is 2.26. The number of nitrogens with one attached hydrogen (secondary N) is 1. The third-order valence-electron chi connectivity index (χ3n) is 4.34. The van der Waals surface area contributed by atoms with E-state index in [1.54, 1.807) is 12.0 Å². The number of rotatable bonds is 6. The Bertz CT molecular complexity index is 573. The first-order valence-electron chi connectivity index (χ1n) is 8.21. The fourth-order valence-electron chi connectivity index (χ4n) is 2.82. The van der Waals surface area contributed by atoms with Gasteiger partial charge < -0.3 is 19.7 Å². The van der Waals surface area contributed by atoms with Crippen LogP contribution < -0.4 is 10.1 Å². The van der Waals surface area contributed by atoms with Crippen molar-refractivity contribution in [1.82, 2.24) is 10.2 Å². The first-order valence-corrected chi connectivity index (χ1v) is 8.21. The summed E-state index contributed by atoms with van der Waals surface area (Å²) in [6, 6.07) is 7.86. The van der Waals surface area contributed by atoms with Crippen molar-refractivity contribution in [3.8, 4) is 5.75 Å². The molecule has 1 aliphatic heterocycles. The number of piperidine rings is 1. The molecule has 1 fully saturated rings. The smallest absolute Gasteiger partial charge is 0.242 e. The second-order valence-electron chi connectivity index (χ2n) is 6.32. The summed E-state index contributed by atoms with van der Waals surface area (Å²) in [5.41, 5.74) is 0.658. The average molecular weight is 334 g/mol. The molecule has 0 aliphatic carbocycles. The number of nitrogens with zero attached hydrogens (tertiary/aromatic N) is 1. The maximum atomic E-state index is 12.2. The molecule has 0 spiro atoms. The van der Waals surface area contributed by atoms with E-state index in [0.717, 1.165) is 18.6 Å². The molecule has 1 N–H and O–H groups in total. The molecule has 1 aromatic rings. The van der Waals surface area contributed by atoms with Crippen molar-refractivity contribution < 1.29 is 19.1 Å². The Morgan fingerprint density at radius 2 is 2.00 bits per heavy atom. The fourth-order valence-corrected chi connectivity index (χ4v) is 2.82. The molecule has 1 saturated heterocycles. The highest BCUT2D eigenvalue weighted by atomic mass is 16.5. The van der Waals surface area contributed by atoms with Crippen LogP contribution in [0.25, 0.3) is 0 Å². The lowest BCUT2D eigenvalue weighted by Gasteiger charge is -2.41. The minimum atomic E-state index is -0.519. The fraction of sp³-hybridized carbons (Fsp3) is 0.556. The van der Waals surface area contributed by atoms with E-state index >= 15 is 0 Å². The summed E-state index contributed by atoms with van der Waals surface area (Å²) >= 11 is 0. The average Bonchev–Trinajstić information content (AvgIpc) is 2.59. The van der Waals surface area contributed by atoms with Crippen molar-refractivity contribution in [3.63, 3.8) is 0 Å². The summed E-state index contributed by atoms with van der Waals surface area (Å²) in [6.45, 7) is 4.98. The third kappa shape index (κ3) is 4.96. The largest absolute Gasteiger partial charge is 0.491 e. The maximum absolute atomic E-state index is 12.2. The van der Waals surface area contributed by atoms with Gasteiger partial charge in [0.05, 0.1) is 13.1 Å². The van der Waals surface area contributed by atoms with E-state index in [9.17, 15) is 9.59 Å². The topological polar surface area (TPSA) is 67.9 Å². The normalized spacial score (nSPS) is 20.5. The first-order chi connectivity index (χ1) is 11.4. The molecule has 0 radical (unpaired) electrons. The van der Waals surface area contributed by atoms with E-state index in [4.69, 9.17) is 9.47 Å². The summed E-state index contributed by atoms with van der Waals surface area (Å²) in [6.07, 6.45) is 1.68. The second-order valence-corrected chi connectivity index (χ2v) is 6.32. The van der Waals surface area contributed by atoms with E-state index < -0.39 is 5.60 Å². The molecular formula is C18H26N2O4. The van der Waals surface area contributed by atoms with Crippen LogP contribution in [0.3, 0.4) is 0 Å². The Labute approximate surface area is 143 Å². The van der Waals surface area contributed by atoms with Gasteiger partial charge in [-0.1, -0.05) is 17.7 Å². The molecule has 1 aliphatic rings. The molecule has 2 amide bonds. The quantitative estimate of drug-likeness (QED) is 0.856. The van der Waals surface area contributed by atoms with Crippen LogP contribution in [-0.2, 0) is 14.3 Å². The second kappa shape index (κ2) is 8.15. The molecule has 2 rings (SSSR count). The van der Waals surface area contributed by atoms with Gasteiger partial charge in [0.15, 0.2) is 0 Å². The molecule has 0 aromatic heterocycles. The van der Waals surface area contributed by atoms with Gasteiger partial charge in [0.2, 0.25) is 11.8 Å². The lowest BCUT2D eigenvalue weighted by Crippen LogP contribution is -2.55. The monoisotopic (exact) mass is 334 g/mol. The summed E-state index contributed by atoms with van der Waals surface area (Å²) in [7, 11) is 1.65. The maximum Gasteiger partial charge on any atom is 0.242 e. The van der Waals surface area contributed by atoms with Gasteiger partial charge in [0.1, 0.15) is 18.0 Å². The van der Waals surface area contributed by atoms with Crippen LogP contribution in [0, 0.1) is 6.92 Å². The van der Waals surface area contributed by atoms with Gasteiger partial charge in [0.25, 0.3) is 0 Å². The molecule has 1 atom stereocenters. The van der Waals surface area contributed by atoms with Crippen LogP contribution in [0.5, 0.6) is 5.75 Å². The highest BCUT2D eigenvalue weighted by Gasteiger charge is 2.38. The van der Waals surface area contributed by atoms with Crippen molar-refractivity contribution >= 4 is 11.8 Å². The highest BCUT2D eigenvalue weighted by molar-refractivity contribution is 5.83. The molecule has 6 heteroatoms. The summed E-state index contributed by atoms with van der Waals surface area (Å²) in [5.74, 6) is 0.487. The standard InChI is InChI=1S/C18H26N2O4/c1-14-5-7-16(8-6-14)24-13-18(23-3)9-4-10-20(12-18)17(22)11-19-15(2)21/h5-8H,4,9-13H2,1-3H3,(H,19,21). The lowest BCUT2D eigenvalue weighted by atomic mass is 9.93. The van der Waals surface area contributed by atoms with E-state index in [1.807, 2.05) is 31.2 Å². The van der Waals surface area contributed by atoms with Crippen molar-refractivity contribution in [3.05, 3.63) is 29.8 Å². The number of carbonyl (C=O) groups excluding carboxylic acids is 2. The number of hydrogen-bond donors (Lipinski definition) is 1.